The number of hydrogen-bond acceptors (Lipinski definition) is 3. The van der Waals surface area contributed by atoms with Crippen molar-refractivity contribution in [3.05, 3.63) is 59.9 Å². The molecule has 0 saturated carbocycles. The molecule has 0 aromatic heterocycles. The third-order valence-corrected chi connectivity index (χ3v) is 3.42. The molecule has 108 valence electrons. The highest BCUT2D eigenvalue weighted by molar-refractivity contribution is 5.76. The smallest absolute Gasteiger partial charge is 0.346 e. The summed E-state index contributed by atoms with van der Waals surface area (Å²) in [6, 6.07) is 13.5. The lowest BCUT2D eigenvalue weighted by molar-refractivity contribution is -0.144. The maximum atomic E-state index is 13.0. The van der Waals surface area contributed by atoms with E-state index in [0.717, 1.165) is 11.3 Å². The summed E-state index contributed by atoms with van der Waals surface area (Å²) in [5, 5.41) is 9.18. The Morgan fingerprint density at radius 1 is 1.24 bits per heavy atom. The van der Waals surface area contributed by atoms with Gasteiger partial charge in [0, 0.05) is 6.54 Å². The highest BCUT2D eigenvalue weighted by atomic mass is 19.1. The Bertz CT molecular complexity index is 657. The average molecular weight is 287 g/mol. The zero-order valence-corrected chi connectivity index (χ0v) is 11.2. The van der Waals surface area contributed by atoms with Gasteiger partial charge in [-0.15, -0.1) is 0 Å². The van der Waals surface area contributed by atoms with Gasteiger partial charge in [-0.2, -0.15) is 0 Å². The number of aliphatic carboxylic acids is 1. The zero-order valence-electron chi connectivity index (χ0n) is 11.2. The number of benzene rings is 2. The Balaban J connectivity index is 1.89. The number of halogens is 1. The van der Waals surface area contributed by atoms with Gasteiger partial charge in [0.15, 0.2) is 0 Å². The molecule has 0 radical (unpaired) electrons. The van der Waals surface area contributed by atoms with Gasteiger partial charge in [0.25, 0.3) is 0 Å². The van der Waals surface area contributed by atoms with Crippen molar-refractivity contribution in [2.24, 2.45) is 0 Å². The van der Waals surface area contributed by atoms with Crippen molar-refractivity contribution in [3.63, 3.8) is 0 Å². The summed E-state index contributed by atoms with van der Waals surface area (Å²) in [6.45, 7) is 0.758. The molecule has 2 aromatic carbocycles. The molecule has 2 aromatic rings. The Morgan fingerprint density at radius 2 is 1.95 bits per heavy atom. The van der Waals surface area contributed by atoms with E-state index >= 15 is 0 Å². The summed E-state index contributed by atoms with van der Waals surface area (Å²) in [4.78, 5) is 13.1. The highest BCUT2D eigenvalue weighted by Crippen LogP contribution is 2.34. The summed E-state index contributed by atoms with van der Waals surface area (Å²) in [6.07, 6.45) is -0.902. The van der Waals surface area contributed by atoms with Crippen molar-refractivity contribution < 1.29 is 19.0 Å². The number of nitrogens with zero attached hydrogens (tertiary/aromatic N) is 1. The summed E-state index contributed by atoms with van der Waals surface area (Å²) in [7, 11) is 0. The van der Waals surface area contributed by atoms with E-state index < -0.39 is 12.1 Å². The van der Waals surface area contributed by atoms with Crippen molar-refractivity contribution >= 4 is 11.7 Å². The lowest BCUT2D eigenvalue weighted by Crippen LogP contribution is -2.44. The summed E-state index contributed by atoms with van der Waals surface area (Å²) in [5.74, 6) is -0.726. The zero-order chi connectivity index (χ0) is 14.8. The first-order valence-corrected chi connectivity index (χ1v) is 6.61. The minimum atomic E-state index is -0.992. The second-order valence-electron chi connectivity index (χ2n) is 4.92. The van der Waals surface area contributed by atoms with Crippen molar-refractivity contribution in [1.82, 2.24) is 0 Å². The summed E-state index contributed by atoms with van der Waals surface area (Å²) >= 11 is 0. The topological polar surface area (TPSA) is 49.8 Å². The summed E-state index contributed by atoms with van der Waals surface area (Å²) in [5.41, 5.74) is 1.76. The van der Waals surface area contributed by atoms with Crippen LogP contribution in [-0.2, 0) is 11.3 Å². The number of fused-ring (bicyclic) bond motifs is 1. The lowest BCUT2D eigenvalue weighted by Gasteiger charge is -2.34. The molecule has 0 spiro atoms. The van der Waals surface area contributed by atoms with Crippen molar-refractivity contribution in [3.8, 4) is 5.75 Å². The first kappa shape index (κ1) is 13.4. The standard InChI is InChI=1S/C16H14FNO3/c17-12-7-5-11(6-8-12)9-18-10-15(16(19)20)21-14-4-2-1-3-13(14)18/h1-8,15H,9-10H2,(H,19,20). The Morgan fingerprint density at radius 3 is 2.67 bits per heavy atom. The normalized spacial score (nSPS) is 17.0. The first-order valence-electron chi connectivity index (χ1n) is 6.61. The average Bonchev–Trinajstić information content (AvgIpc) is 2.49. The molecule has 1 aliphatic rings. The third kappa shape index (κ3) is 2.81. The van der Waals surface area contributed by atoms with Crippen LogP contribution in [0.2, 0.25) is 0 Å². The largest absolute Gasteiger partial charge is 0.478 e. The van der Waals surface area contributed by atoms with Crippen LogP contribution in [0.5, 0.6) is 5.75 Å². The molecule has 3 rings (SSSR count). The van der Waals surface area contributed by atoms with Gasteiger partial charge in [0.05, 0.1) is 12.2 Å². The Labute approximate surface area is 121 Å². The van der Waals surface area contributed by atoms with Crippen LogP contribution in [-0.4, -0.2) is 23.7 Å². The Hall–Kier alpha value is -2.56. The van der Waals surface area contributed by atoms with Crippen LogP contribution in [0.3, 0.4) is 0 Å². The second kappa shape index (κ2) is 5.44. The molecular weight excluding hydrogens is 273 g/mol. The maximum absolute atomic E-state index is 13.0. The van der Waals surface area contributed by atoms with E-state index in [1.807, 2.05) is 17.0 Å². The van der Waals surface area contributed by atoms with Gasteiger partial charge in [0.1, 0.15) is 11.6 Å². The minimum Gasteiger partial charge on any atom is -0.478 e. The third-order valence-electron chi connectivity index (χ3n) is 3.42. The fourth-order valence-corrected chi connectivity index (χ4v) is 2.40. The molecule has 0 saturated heterocycles. The molecule has 0 fully saturated rings. The van der Waals surface area contributed by atoms with Gasteiger partial charge in [-0.25, -0.2) is 9.18 Å². The van der Waals surface area contributed by atoms with Gasteiger partial charge in [0.2, 0.25) is 6.10 Å². The van der Waals surface area contributed by atoms with Gasteiger partial charge < -0.3 is 14.7 Å². The molecule has 1 unspecified atom stereocenters. The molecule has 1 atom stereocenters. The lowest BCUT2D eigenvalue weighted by atomic mass is 10.1. The maximum Gasteiger partial charge on any atom is 0.346 e. The van der Waals surface area contributed by atoms with Gasteiger partial charge in [-0.1, -0.05) is 24.3 Å². The fraction of sp³-hybridized carbons (Fsp3) is 0.188. The van der Waals surface area contributed by atoms with Crippen LogP contribution in [0.1, 0.15) is 5.56 Å². The summed E-state index contributed by atoms with van der Waals surface area (Å²) < 4.78 is 18.4. The molecule has 5 heteroatoms. The molecule has 21 heavy (non-hydrogen) atoms. The van der Waals surface area contributed by atoms with Crippen molar-refractivity contribution in [1.29, 1.82) is 0 Å². The first-order chi connectivity index (χ1) is 10.1. The van der Waals surface area contributed by atoms with Crippen LogP contribution in [0.25, 0.3) is 0 Å². The molecule has 1 heterocycles. The Kier molecular flexibility index (Phi) is 3.48. The number of carboxylic acids is 1. The van der Waals surface area contributed by atoms with E-state index in [-0.39, 0.29) is 12.4 Å². The van der Waals surface area contributed by atoms with Crippen LogP contribution in [0, 0.1) is 5.82 Å². The minimum absolute atomic E-state index is 0.254. The van der Waals surface area contributed by atoms with Crippen LogP contribution >= 0.6 is 0 Å². The predicted octanol–water partition coefficient (Wildman–Crippen LogP) is 2.68. The SMILES string of the molecule is O=C(O)C1CN(Cc2ccc(F)cc2)c2ccccc2O1. The van der Waals surface area contributed by atoms with Gasteiger partial charge >= 0.3 is 5.97 Å². The number of carboxylic acid groups (broad SMARTS) is 1. The van der Waals surface area contributed by atoms with E-state index in [1.165, 1.54) is 12.1 Å². The van der Waals surface area contributed by atoms with Gasteiger partial charge in [-0.05, 0) is 29.8 Å². The van der Waals surface area contributed by atoms with Crippen LogP contribution in [0.4, 0.5) is 10.1 Å². The molecule has 1 N–H and O–H groups in total. The molecule has 0 aliphatic carbocycles. The monoisotopic (exact) mass is 287 g/mol. The van der Waals surface area contributed by atoms with Crippen LogP contribution in [0.15, 0.2) is 48.5 Å². The van der Waals surface area contributed by atoms with Crippen LogP contribution < -0.4 is 9.64 Å². The number of hydrogen-bond donors (Lipinski definition) is 1. The number of rotatable bonds is 3. The fourth-order valence-electron chi connectivity index (χ4n) is 2.40. The second-order valence-corrected chi connectivity index (χ2v) is 4.92. The van der Waals surface area contributed by atoms with E-state index in [2.05, 4.69) is 0 Å². The molecular formula is C16H14FNO3. The van der Waals surface area contributed by atoms with Crippen molar-refractivity contribution in [2.45, 2.75) is 12.6 Å². The molecule has 0 bridgehead atoms. The molecule has 1 aliphatic heterocycles. The number of carbonyl (C=O) groups is 1. The molecule has 4 nitrogen and oxygen atoms in total. The quantitative estimate of drug-likeness (QED) is 0.943. The van der Waals surface area contributed by atoms with E-state index in [1.54, 1.807) is 24.3 Å². The van der Waals surface area contributed by atoms with E-state index in [4.69, 9.17) is 4.74 Å². The van der Waals surface area contributed by atoms with E-state index in [0.29, 0.717) is 12.3 Å². The van der Waals surface area contributed by atoms with Gasteiger partial charge in [-0.3, -0.25) is 0 Å². The van der Waals surface area contributed by atoms with Crippen molar-refractivity contribution in [2.75, 3.05) is 11.4 Å². The number of para-hydroxylation sites is 2. The highest BCUT2D eigenvalue weighted by Gasteiger charge is 2.30. The molecule has 0 amide bonds. The number of anilines is 1. The van der Waals surface area contributed by atoms with E-state index in [9.17, 15) is 14.3 Å². The predicted molar refractivity (Wildman–Crippen MR) is 75.9 cm³/mol. The number of ether oxygens (including phenoxy) is 1.